The maximum atomic E-state index is 4.51. The highest BCUT2D eigenvalue weighted by Gasteiger charge is 2.32. The first kappa shape index (κ1) is 16.0. The number of rotatable bonds is 6. The van der Waals surface area contributed by atoms with Gasteiger partial charge in [0.2, 0.25) is 0 Å². The first-order chi connectivity index (χ1) is 9.56. The molecular weight excluding hydrogens is 264 g/mol. The molecule has 3 unspecified atom stereocenters. The molecule has 2 nitrogen and oxygen atoms in total. The van der Waals surface area contributed by atoms with Crippen LogP contribution in [0.25, 0.3) is 0 Å². The van der Waals surface area contributed by atoms with E-state index in [-0.39, 0.29) is 0 Å². The highest BCUT2D eigenvalue weighted by molar-refractivity contribution is 7.09. The lowest BCUT2D eigenvalue weighted by atomic mass is 9.69. The largest absolute Gasteiger partial charge is 0.314 e. The van der Waals surface area contributed by atoms with Gasteiger partial charge in [-0.25, -0.2) is 4.98 Å². The van der Waals surface area contributed by atoms with Gasteiger partial charge in [0.1, 0.15) is 0 Å². The highest BCUT2D eigenvalue weighted by Crippen LogP contribution is 2.39. The van der Waals surface area contributed by atoms with E-state index < -0.39 is 0 Å². The van der Waals surface area contributed by atoms with Crippen LogP contribution in [0.1, 0.15) is 52.0 Å². The van der Waals surface area contributed by atoms with Gasteiger partial charge < -0.3 is 5.32 Å². The molecule has 1 saturated carbocycles. The molecule has 0 spiro atoms. The van der Waals surface area contributed by atoms with Crippen LogP contribution in [0.15, 0.2) is 11.6 Å². The maximum Gasteiger partial charge on any atom is 0.0927 e. The Bertz CT molecular complexity index is 372. The van der Waals surface area contributed by atoms with Crippen molar-refractivity contribution in [1.29, 1.82) is 0 Å². The van der Waals surface area contributed by atoms with Gasteiger partial charge in [0.15, 0.2) is 0 Å². The Labute approximate surface area is 128 Å². The minimum Gasteiger partial charge on any atom is -0.314 e. The second-order valence-electron chi connectivity index (χ2n) is 7.03. The van der Waals surface area contributed by atoms with Gasteiger partial charge in [0.25, 0.3) is 0 Å². The van der Waals surface area contributed by atoms with E-state index in [1.165, 1.54) is 37.2 Å². The number of hydrogen-bond donors (Lipinski definition) is 1. The zero-order valence-corrected chi connectivity index (χ0v) is 14.2. The summed E-state index contributed by atoms with van der Waals surface area (Å²) in [5.41, 5.74) is 0. The van der Waals surface area contributed by atoms with Gasteiger partial charge in [0, 0.05) is 24.0 Å². The summed E-state index contributed by atoms with van der Waals surface area (Å²) in [7, 11) is 0. The third-order valence-corrected chi connectivity index (χ3v) is 5.63. The number of nitrogens with one attached hydrogen (secondary N) is 1. The number of thiazole rings is 1. The van der Waals surface area contributed by atoms with Gasteiger partial charge in [-0.1, -0.05) is 27.7 Å². The first-order valence-corrected chi connectivity index (χ1v) is 9.06. The summed E-state index contributed by atoms with van der Waals surface area (Å²) < 4.78 is 0. The minimum atomic E-state index is 0.596. The second-order valence-corrected chi connectivity index (χ2v) is 8.01. The Morgan fingerprint density at radius 2 is 2.05 bits per heavy atom. The van der Waals surface area contributed by atoms with Crippen molar-refractivity contribution in [2.24, 2.45) is 23.7 Å². The van der Waals surface area contributed by atoms with Crippen molar-refractivity contribution in [2.75, 3.05) is 6.54 Å². The summed E-state index contributed by atoms with van der Waals surface area (Å²) in [6, 6.07) is 0.596. The Morgan fingerprint density at radius 3 is 2.65 bits per heavy atom. The van der Waals surface area contributed by atoms with E-state index in [4.69, 9.17) is 0 Å². The van der Waals surface area contributed by atoms with Gasteiger partial charge in [0.05, 0.1) is 5.01 Å². The van der Waals surface area contributed by atoms with Crippen LogP contribution in [0.3, 0.4) is 0 Å². The number of nitrogens with zero attached hydrogens (tertiary/aromatic N) is 1. The van der Waals surface area contributed by atoms with E-state index in [0.717, 1.165) is 23.7 Å². The molecule has 1 aliphatic rings. The summed E-state index contributed by atoms with van der Waals surface area (Å²) in [4.78, 5) is 4.51. The van der Waals surface area contributed by atoms with E-state index >= 15 is 0 Å². The Morgan fingerprint density at radius 1 is 1.25 bits per heavy atom. The second kappa shape index (κ2) is 7.56. The summed E-state index contributed by atoms with van der Waals surface area (Å²) in [5.74, 6) is 3.38. The molecule has 0 amide bonds. The monoisotopic (exact) mass is 294 g/mol. The summed E-state index contributed by atoms with van der Waals surface area (Å²) in [6.07, 6.45) is 7.33. The Hall–Kier alpha value is -0.410. The highest BCUT2D eigenvalue weighted by atomic mass is 32.1. The molecule has 1 aromatic rings. The number of hydrogen-bond acceptors (Lipinski definition) is 3. The van der Waals surface area contributed by atoms with E-state index in [1.54, 1.807) is 0 Å². The van der Waals surface area contributed by atoms with Gasteiger partial charge >= 0.3 is 0 Å². The van der Waals surface area contributed by atoms with Crippen LogP contribution in [0.5, 0.6) is 0 Å². The predicted molar refractivity (Wildman–Crippen MR) is 88.1 cm³/mol. The normalized spacial score (nSPS) is 27.4. The van der Waals surface area contributed by atoms with Crippen LogP contribution in [-0.4, -0.2) is 17.6 Å². The lowest BCUT2D eigenvalue weighted by Crippen LogP contribution is -2.37. The Kier molecular flexibility index (Phi) is 6.03. The van der Waals surface area contributed by atoms with Crippen molar-refractivity contribution >= 4 is 11.3 Å². The molecule has 1 aromatic heterocycles. The molecule has 1 heterocycles. The molecule has 1 aliphatic carbocycles. The molecule has 0 aromatic carbocycles. The molecule has 3 atom stereocenters. The fraction of sp³-hybridized carbons (Fsp3) is 0.824. The lowest BCUT2D eigenvalue weighted by molar-refractivity contribution is 0.143. The van der Waals surface area contributed by atoms with Crippen LogP contribution in [0.4, 0.5) is 0 Å². The average Bonchev–Trinajstić information content (AvgIpc) is 2.89. The van der Waals surface area contributed by atoms with Crippen molar-refractivity contribution in [3.8, 4) is 0 Å². The third kappa shape index (κ3) is 4.56. The zero-order valence-electron chi connectivity index (χ0n) is 13.4. The van der Waals surface area contributed by atoms with Crippen LogP contribution in [-0.2, 0) is 6.42 Å². The van der Waals surface area contributed by atoms with Crippen molar-refractivity contribution in [3.63, 3.8) is 0 Å². The van der Waals surface area contributed by atoms with E-state index in [1.807, 2.05) is 17.5 Å². The molecular formula is C17H30N2S. The summed E-state index contributed by atoms with van der Waals surface area (Å²) in [6.45, 7) is 10.4. The SMILES string of the molecule is CC(C)NCC1CCC(C(C)C)CC1Cc1nccs1. The van der Waals surface area contributed by atoms with Gasteiger partial charge in [-0.05, 0) is 49.5 Å². The van der Waals surface area contributed by atoms with Gasteiger partial charge in [-0.3, -0.25) is 0 Å². The van der Waals surface area contributed by atoms with Crippen LogP contribution < -0.4 is 5.32 Å². The fourth-order valence-electron chi connectivity index (χ4n) is 3.45. The molecule has 114 valence electrons. The molecule has 0 saturated heterocycles. The van der Waals surface area contributed by atoms with Gasteiger partial charge in [-0.15, -0.1) is 11.3 Å². The van der Waals surface area contributed by atoms with Crippen LogP contribution in [0, 0.1) is 23.7 Å². The average molecular weight is 295 g/mol. The molecule has 0 aliphatic heterocycles. The van der Waals surface area contributed by atoms with E-state index in [9.17, 15) is 0 Å². The molecule has 3 heteroatoms. The quantitative estimate of drug-likeness (QED) is 0.842. The fourth-order valence-corrected chi connectivity index (χ4v) is 4.16. The maximum absolute atomic E-state index is 4.51. The predicted octanol–water partition coefficient (Wildman–Crippen LogP) is 4.37. The molecule has 0 radical (unpaired) electrons. The first-order valence-electron chi connectivity index (χ1n) is 8.18. The summed E-state index contributed by atoms with van der Waals surface area (Å²) in [5, 5.41) is 7.09. The molecule has 2 rings (SSSR count). The van der Waals surface area contributed by atoms with E-state index in [2.05, 4.69) is 43.4 Å². The zero-order chi connectivity index (χ0) is 14.5. The molecule has 1 N–H and O–H groups in total. The smallest absolute Gasteiger partial charge is 0.0927 e. The molecule has 1 fully saturated rings. The van der Waals surface area contributed by atoms with Gasteiger partial charge in [-0.2, -0.15) is 0 Å². The summed E-state index contributed by atoms with van der Waals surface area (Å²) >= 11 is 1.82. The van der Waals surface area contributed by atoms with Crippen LogP contribution in [0.2, 0.25) is 0 Å². The molecule has 20 heavy (non-hydrogen) atoms. The van der Waals surface area contributed by atoms with Crippen molar-refractivity contribution in [1.82, 2.24) is 10.3 Å². The third-order valence-electron chi connectivity index (χ3n) is 4.83. The van der Waals surface area contributed by atoms with Crippen molar-refractivity contribution < 1.29 is 0 Å². The molecule has 0 bridgehead atoms. The standard InChI is InChI=1S/C17H30N2S/c1-12(2)14-5-6-15(11-19-13(3)4)16(9-14)10-17-18-7-8-20-17/h7-8,12-16,19H,5-6,9-11H2,1-4H3. The van der Waals surface area contributed by atoms with Crippen molar-refractivity contribution in [2.45, 2.75) is 59.4 Å². The lowest BCUT2D eigenvalue weighted by Gasteiger charge is -2.38. The van der Waals surface area contributed by atoms with E-state index in [0.29, 0.717) is 6.04 Å². The number of aromatic nitrogens is 1. The topological polar surface area (TPSA) is 24.9 Å². The Balaban J connectivity index is 1.97. The minimum absolute atomic E-state index is 0.596. The van der Waals surface area contributed by atoms with Crippen molar-refractivity contribution in [3.05, 3.63) is 16.6 Å². The van der Waals surface area contributed by atoms with Crippen LogP contribution >= 0.6 is 11.3 Å².